The molecule has 0 spiro atoms. The van der Waals surface area contributed by atoms with Crippen LogP contribution < -0.4 is 4.90 Å². The summed E-state index contributed by atoms with van der Waals surface area (Å²) in [6.45, 7) is 8.00. The van der Waals surface area contributed by atoms with E-state index in [1.54, 1.807) is 0 Å². The standard InChI is InChI=1S/C34H37N3S.2C4H4O4/c1-3-13-28(14-4-1)30(29-15-5-2-6-16-29)27-36-25-23-35(24-26-36)21-11-12-22-37-31-17-7-9-19-33(31)38-34-20-10-8-18-32(34)37;2*5-3(6)1-2-4(7)8/h1-10,13-20,30H,11-12,21-27H2;2*1-2H,(H,5,6)(H,7,8)/b;2*2-1-. The van der Waals surface area contributed by atoms with Gasteiger partial charge in [0.25, 0.3) is 0 Å². The molecule has 282 valence electrons. The first-order chi connectivity index (χ1) is 26.1. The molecule has 0 atom stereocenters. The summed E-state index contributed by atoms with van der Waals surface area (Å²) in [4.78, 5) is 48.8. The molecule has 2 aliphatic heterocycles. The topological polar surface area (TPSA) is 159 Å². The van der Waals surface area contributed by atoms with Crippen molar-refractivity contribution in [2.45, 2.75) is 28.6 Å². The van der Waals surface area contributed by atoms with Gasteiger partial charge in [-0.2, -0.15) is 0 Å². The Morgan fingerprint density at radius 1 is 0.519 bits per heavy atom. The quantitative estimate of drug-likeness (QED) is 0.0825. The summed E-state index contributed by atoms with van der Waals surface area (Å²) < 4.78 is 0. The fourth-order valence-electron chi connectivity index (χ4n) is 6.14. The summed E-state index contributed by atoms with van der Waals surface area (Å²) in [7, 11) is 0. The largest absolute Gasteiger partial charge is 0.478 e. The van der Waals surface area contributed by atoms with E-state index in [4.69, 9.17) is 20.4 Å². The van der Waals surface area contributed by atoms with E-state index < -0.39 is 23.9 Å². The zero-order valence-corrected chi connectivity index (χ0v) is 30.6. The molecule has 4 aromatic carbocycles. The Hall–Kier alpha value is -5.69. The van der Waals surface area contributed by atoms with Crippen molar-refractivity contribution < 1.29 is 39.6 Å². The highest BCUT2D eigenvalue weighted by Gasteiger charge is 2.24. The molecule has 0 amide bonds. The van der Waals surface area contributed by atoms with Crippen molar-refractivity contribution in [3.63, 3.8) is 0 Å². The van der Waals surface area contributed by atoms with Gasteiger partial charge in [-0.3, -0.25) is 4.90 Å². The summed E-state index contributed by atoms with van der Waals surface area (Å²) in [5.41, 5.74) is 5.55. The number of rotatable bonds is 13. The lowest BCUT2D eigenvalue weighted by atomic mass is 9.90. The number of aliphatic carboxylic acids is 4. The van der Waals surface area contributed by atoms with Crippen molar-refractivity contribution in [2.24, 2.45) is 0 Å². The van der Waals surface area contributed by atoms with Crippen LogP contribution in [-0.4, -0.2) is 99.9 Å². The fraction of sp³-hybridized carbons (Fsp3) is 0.238. The molecule has 0 bridgehead atoms. The number of fused-ring (bicyclic) bond motifs is 2. The Bertz CT molecular complexity index is 1730. The fourth-order valence-corrected chi connectivity index (χ4v) is 7.24. The molecule has 4 N–H and O–H groups in total. The van der Waals surface area contributed by atoms with Crippen molar-refractivity contribution in [1.29, 1.82) is 0 Å². The van der Waals surface area contributed by atoms with E-state index in [-0.39, 0.29) is 0 Å². The molecule has 0 saturated carbocycles. The van der Waals surface area contributed by atoms with Crippen molar-refractivity contribution in [3.05, 3.63) is 145 Å². The molecule has 11 nitrogen and oxygen atoms in total. The van der Waals surface area contributed by atoms with Gasteiger partial charge in [-0.25, -0.2) is 19.2 Å². The van der Waals surface area contributed by atoms with Crippen LogP contribution in [0.2, 0.25) is 0 Å². The molecule has 12 heteroatoms. The van der Waals surface area contributed by atoms with Crippen LogP contribution in [0.5, 0.6) is 0 Å². The van der Waals surface area contributed by atoms with Crippen LogP contribution in [0.4, 0.5) is 11.4 Å². The first-order valence-electron chi connectivity index (χ1n) is 17.6. The van der Waals surface area contributed by atoms with E-state index >= 15 is 0 Å². The van der Waals surface area contributed by atoms with Crippen LogP contribution >= 0.6 is 11.8 Å². The van der Waals surface area contributed by atoms with Crippen LogP contribution in [-0.2, 0) is 19.2 Å². The van der Waals surface area contributed by atoms with E-state index in [0.29, 0.717) is 30.2 Å². The smallest absolute Gasteiger partial charge is 0.328 e. The van der Waals surface area contributed by atoms with Gasteiger partial charge in [0.2, 0.25) is 0 Å². The summed E-state index contributed by atoms with van der Waals surface area (Å²) in [5.74, 6) is -4.60. The number of para-hydroxylation sites is 2. The molecule has 1 saturated heterocycles. The molecule has 54 heavy (non-hydrogen) atoms. The number of unbranched alkanes of at least 4 members (excludes halogenated alkanes) is 1. The highest BCUT2D eigenvalue weighted by molar-refractivity contribution is 7.99. The van der Waals surface area contributed by atoms with Crippen molar-refractivity contribution in [2.75, 3.05) is 50.7 Å². The lowest BCUT2D eigenvalue weighted by Crippen LogP contribution is -2.47. The lowest BCUT2D eigenvalue weighted by molar-refractivity contribution is -0.134. The van der Waals surface area contributed by atoms with Gasteiger partial charge in [-0.05, 0) is 54.8 Å². The van der Waals surface area contributed by atoms with Gasteiger partial charge in [0.15, 0.2) is 0 Å². The normalized spacial score (nSPS) is 14.0. The molecular weight excluding hydrogens is 707 g/mol. The molecular formula is C42H45N3O8S. The minimum Gasteiger partial charge on any atom is -0.478 e. The third-order valence-electron chi connectivity index (χ3n) is 8.68. The van der Waals surface area contributed by atoms with Crippen LogP contribution in [0.3, 0.4) is 0 Å². The predicted molar refractivity (Wildman–Crippen MR) is 210 cm³/mol. The number of nitrogens with zero attached hydrogens (tertiary/aromatic N) is 3. The number of anilines is 2. The summed E-state index contributed by atoms with van der Waals surface area (Å²) in [6.07, 6.45) is 4.68. The summed E-state index contributed by atoms with van der Waals surface area (Å²) in [5, 5.41) is 31.2. The highest BCUT2D eigenvalue weighted by atomic mass is 32.2. The van der Waals surface area contributed by atoms with Crippen LogP contribution in [0.15, 0.2) is 143 Å². The number of carbonyl (C=O) groups is 4. The van der Waals surface area contributed by atoms with E-state index in [2.05, 4.69) is 124 Å². The molecule has 2 heterocycles. The predicted octanol–water partition coefficient (Wildman–Crippen LogP) is 6.94. The first kappa shape index (κ1) is 41.1. The molecule has 1 fully saturated rings. The third kappa shape index (κ3) is 13.7. The molecule has 2 aliphatic rings. The number of benzene rings is 4. The Morgan fingerprint density at radius 2 is 0.889 bits per heavy atom. The maximum absolute atomic E-state index is 9.55. The zero-order valence-electron chi connectivity index (χ0n) is 29.8. The Balaban J connectivity index is 0.000000341. The summed E-state index contributed by atoms with van der Waals surface area (Å²) in [6, 6.07) is 39.7. The van der Waals surface area contributed by atoms with Gasteiger partial charge in [0.1, 0.15) is 0 Å². The molecule has 6 rings (SSSR count). The third-order valence-corrected chi connectivity index (χ3v) is 9.81. The zero-order chi connectivity index (χ0) is 38.7. The molecule has 0 unspecified atom stereocenters. The monoisotopic (exact) mass is 751 g/mol. The summed E-state index contributed by atoms with van der Waals surface area (Å²) >= 11 is 1.89. The number of piperazine rings is 1. The molecule has 0 radical (unpaired) electrons. The van der Waals surface area contributed by atoms with E-state index in [1.807, 2.05) is 11.8 Å². The van der Waals surface area contributed by atoms with Gasteiger partial charge >= 0.3 is 23.9 Å². The average molecular weight is 752 g/mol. The van der Waals surface area contributed by atoms with Crippen molar-refractivity contribution in [3.8, 4) is 0 Å². The number of hydrogen-bond donors (Lipinski definition) is 4. The van der Waals surface area contributed by atoms with Crippen molar-refractivity contribution >= 4 is 47.0 Å². The second-order valence-corrected chi connectivity index (χ2v) is 13.5. The van der Waals surface area contributed by atoms with E-state index in [1.165, 1.54) is 64.8 Å². The van der Waals surface area contributed by atoms with Crippen LogP contribution in [0, 0.1) is 0 Å². The maximum Gasteiger partial charge on any atom is 0.328 e. The molecule has 4 aromatic rings. The van der Waals surface area contributed by atoms with E-state index in [0.717, 1.165) is 26.2 Å². The van der Waals surface area contributed by atoms with Crippen LogP contribution in [0.25, 0.3) is 0 Å². The maximum atomic E-state index is 9.55. The van der Waals surface area contributed by atoms with Crippen molar-refractivity contribution in [1.82, 2.24) is 9.80 Å². The SMILES string of the molecule is O=C(O)/C=C\C(=O)O.O=C(O)/C=C\C(=O)O.c1ccc(C(CN2CCN(CCCCN3c4ccccc4Sc4ccccc43)CC2)c2ccccc2)cc1. The molecule has 0 aromatic heterocycles. The van der Waals surface area contributed by atoms with Gasteiger partial charge in [-0.15, -0.1) is 0 Å². The van der Waals surface area contributed by atoms with E-state index in [9.17, 15) is 19.2 Å². The second kappa shape index (κ2) is 21.7. The second-order valence-electron chi connectivity index (χ2n) is 12.4. The van der Waals surface area contributed by atoms with Crippen LogP contribution in [0.1, 0.15) is 29.9 Å². The number of carboxylic acid groups (broad SMARTS) is 4. The molecule has 0 aliphatic carbocycles. The Labute approximate surface area is 319 Å². The number of carboxylic acids is 4. The van der Waals surface area contributed by atoms with Gasteiger partial charge in [0, 0.05) is 79.3 Å². The highest BCUT2D eigenvalue weighted by Crippen LogP contribution is 2.47. The lowest BCUT2D eigenvalue weighted by Gasteiger charge is -2.37. The average Bonchev–Trinajstić information content (AvgIpc) is 3.18. The Kier molecular flexibility index (Phi) is 16.5. The van der Waals surface area contributed by atoms with Gasteiger partial charge < -0.3 is 30.2 Å². The van der Waals surface area contributed by atoms with Gasteiger partial charge in [0.05, 0.1) is 11.4 Å². The minimum atomic E-state index is -1.26. The Morgan fingerprint density at radius 3 is 1.31 bits per heavy atom. The van der Waals surface area contributed by atoms with Gasteiger partial charge in [-0.1, -0.05) is 96.7 Å². The minimum absolute atomic E-state index is 0.428. The first-order valence-corrected chi connectivity index (χ1v) is 18.4. The number of hydrogen-bond acceptors (Lipinski definition) is 8.